The monoisotopic (exact) mass is 237 g/mol. The highest BCUT2D eigenvalue weighted by Gasteiger charge is 2.03. The van der Waals surface area contributed by atoms with Gasteiger partial charge in [0.05, 0.1) is 0 Å². The Bertz CT molecular complexity index is 261. The van der Waals surface area contributed by atoms with Crippen molar-refractivity contribution in [2.75, 3.05) is 18.6 Å². The Labute approximate surface area is 104 Å². The van der Waals surface area contributed by atoms with Crippen molar-refractivity contribution in [1.29, 1.82) is 0 Å². The Morgan fingerprint density at radius 1 is 1.25 bits per heavy atom. The number of rotatable bonds is 8. The molecule has 0 aliphatic heterocycles. The number of aryl methyl sites for hydroxylation is 1. The molecule has 0 fully saturated rings. The molecule has 1 aromatic carbocycles. The Morgan fingerprint density at radius 3 is 2.62 bits per heavy atom. The van der Waals surface area contributed by atoms with E-state index in [1.807, 2.05) is 11.8 Å². The van der Waals surface area contributed by atoms with Gasteiger partial charge < -0.3 is 5.32 Å². The molecule has 1 N–H and O–H groups in total. The maximum atomic E-state index is 3.62. The lowest BCUT2D eigenvalue weighted by molar-refractivity contribution is 0.530. The van der Waals surface area contributed by atoms with E-state index in [-0.39, 0.29) is 0 Å². The van der Waals surface area contributed by atoms with E-state index in [1.165, 1.54) is 30.6 Å². The molecular formula is C14H23NS. The standard InChI is InChI=1S/C14H23NS/c1-3-14(12-16-2)15-11-7-10-13-8-5-4-6-9-13/h4-6,8-9,14-15H,3,7,10-12H2,1-2H3. The molecular weight excluding hydrogens is 214 g/mol. The first-order valence-electron chi connectivity index (χ1n) is 6.13. The molecule has 1 rings (SSSR count). The van der Waals surface area contributed by atoms with Crippen LogP contribution in [0, 0.1) is 0 Å². The maximum Gasteiger partial charge on any atom is 0.0155 e. The molecule has 0 saturated carbocycles. The first-order valence-corrected chi connectivity index (χ1v) is 7.52. The summed E-state index contributed by atoms with van der Waals surface area (Å²) in [4.78, 5) is 0. The molecule has 1 atom stereocenters. The fourth-order valence-electron chi connectivity index (χ4n) is 1.77. The Kier molecular flexibility index (Phi) is 7.35. The summed E-state index contributed by atoms with van der Waals surface area (Å²) in [6.07, 6.45) is 5.82. The summed E-state index contributed by atoms with van der Waals surface area (Å²) in [5.74, 6) is 1.22. The number of nitrogens with one attached hydrogen (secondary N) is 1. The van der Waals surface area contributed by atoms with Gasteiger partial charge in [0, 0.05) is 11.8 Å². The Hall–Kier alpha value is -0.470. The van der Waals surface area contributed by atoms with Gasteiger partial charge in [0.25, 0.3) is 0 Å². The van der Waals surface area contributed by atoms with Crippen LogP contribution in [0.25, 0.3) is 0 Å². The smallest absolute Gasteiger partial charge is 0.0155 e. The van der Waals surface area contributed by atoms with Crippen molar-refractivity contribution < 1.29 is 0 Å². The predicted molar refractivity (Wildman–Crippen MR) is 75.2 cm³/mol. The Balaban J connectivity index is 2.11. The van der Waals surface area contributed by atoms with E-state index in [1.54, 1.807) is 0 Å². The zero-order valence-corrected chi connectivity index (χ0v) is 11.2. The van der Waals surface area contributed by atoms with Crippen LogP contribution in [0.1, 0.15) is 25.3 Å². The summed E-state index contributed by atoms with van der Waals surface area (Å²) < 4.78 is 0. The lowest BCUT2D eigenvalue weighted by Crippen LogP contribution is -2.31. The Morgan fingerprint density at radius 2 is 2.00 bits per heavy atom. The van der Waals surface area contributed by atoms with Crippen LogP contribution in [0.4, 0.5) is 0 Å². The van der Waals surface area contributed by atoms with Gasteiger partial charge in [-0.2, -0.15) is 11.8 Å². The van der Waals surface area contributed by atoms with E-state index in [0.29, 0.717) is 6.04 Å². The van der Waals surface area contributed by atoms with Crippen LogP contribution in [-0.4, -0.2) is 24.6 Å². The number of hydrogen-bond donors (Lipinski definition) is 1. The molecule has 0 amide bonds. The topological polar surface area (TPSA) is 12.0 Å². The fraction of sp³-hybridized carbons (Fsp3) is 0.571. The van der Waals surface area contributed by atoms with Crippen LogP contribution in [0.5, 0.6) is 0 Å². The van der Waals surface area contributed by atoms with Crippen molar-refractivity contribution in [1.82, 2.24) is 5.32 Å². The average Bonchev–Trinajstić information content (AvgIpc) is 2.34. The minimum absolute atomic E-state index is 0.686. The van der Waals surface area contributed by atoms with Crippen molar-refractivity contribution in [2.45, 2.75) is 32.2 Å². The number of hydrogen-bond acceptors (Lipinski definition) is 2. The highest BCUT2D eigenvalue weighted by atomic mass is 32.2. The average molecular weight is 237 g/mol. The second-order valence-electron chi connectivity index (χ2n) is 4.10. The van der Waals surface area contributed by atoms with Gasteiger partial charge in [-0.1, -0.05) is 37.3 Å². The summed E-state index contributed by atoms with van der Waals surface area (Å²) in [6, 6.07) is 11.4. The van der Waals surface area contributed by atoms with Gasteiger partial charge in [-0.15, -0.1) is 0 Å². The normalized spacial score (nSPS) is 12.6. The van der Waals surface area contributed by atoms with Crippen molar-refractivity contribution >= 4 is 11.8 Å². The first-order chi connectivity index (χ1) is 7.86. The van der Waals surface area contributed by atoms with E-state index in [2.05, 4.69) is 48.8 Å². The molecule has 0 aliphatic rings. The molecule has 1 nitrogen and oxygen atoms in total. The molecule has 0 spiro atoms. The second-order valence-corrected chi connectivity index (χ2v) is 5.01. The molecule has 1 aromatic rings. The van der Waals surface area contributed by atoms with E-state index < -0.39 is 0 Å². The van der Waals surface area contributed by atoms with Gasteiger partial charge in [0.1, 0.15) is 0 Å². The van der Waals surface area contributed by atoms with Crippen molar-refractivity contribution in [2.24, 2.45) is 0 Å². The van der Waals surface area contributed by atoms with Crippen molar-refractivity contribution in [3.8, 4) is 0 Å². The molecule has 0 bridgehead atoms. The van der Waals surface area contributed by atoms with Crippen molar-refractivity contribution in [3.05, 3.63) is 35.9 Å². The van der Waals surface area contributed by atoms with E-state index in [9.17, 15) is 0 Å². The first kappa shape index (κ1) is 13.6. The van der Waals surface area contributed by atoms with Gasteiger partial charge in [0.15, 0.2) is 0 Å². The number of thioether (sulfide) groups is 1. The van der Waals surface area contributed by atoms with Gasteiger partial charge in [-0.3, -0.25) is 0 Å². The molecule has 0 aromatic heterocycles. The van der Waals surface area contributed by atoms with Crippen LogP contribution in [0.15, 0.2) is 30.3 Å². The summed E-state index contributed by atoms with van der Waals surface area (Å²) in [5, 5.41) is 3.62. The fourth-order valence-corrected chi connectivity index (χ4v) is 2.52. The quantitative estimate of drug-likeness (QED) is 0.696. The summed E-state index contributed by atoms with van der Waals surface area (Å²) >= 11 is 1.93. The van der Waals surface area contributed by atoms with Gasteiger partial charge in [-0.25, -0.2) is 0 Å². The zero-order valence-electron chi connectivity index (χ0n) is 10.4. The lowest BCUT2D eigenvalue weighted by Gasteiger charge is -2.15. The van der Waals surface area contributed by atoms with Gasteiger partial charge in [-0.05, 0) is 37.6 Å². The second kappa shape index (κ2) is 8.66. The summed E-state index contributed by atoms with van der Waals surface area (Å²) in [7, 11) is 0. The zero-order chi connectivity index (χ0) is 11.6. The summed E-state index contributed by atoms with van der Waals surface area (Å²) in [5.41, 5.74) is 1.45. The third kappa shape index (κ3) is 5.57. The van der Waals surface area contributed by atoms with E-state index in [0.717, 1.165) is 6.54 Å². The molecule has 0 heterocycles. The molecule has 0 radical (unpaired) electrons. The van der Waals surface area contributed by atoms with Crippen LogP contribution in [-0.2, 0) is 6.42 Å². The van der Waals surface area contributed by atoms with Gasteiger partial charge >= 0.3 is 0 Å². The van der Waals surface area contributed by atoms with E-state index in [4.69, 9.17) is 0 Å². The third-order valence-electron chi connectivity index (χ3n) is 2.78. The van der Waals surface area contributed by atoms with Crippen LogP contribution >= 0.6 is 11.8 Å². The van der Waals surface area contributed by atoms with Crippen LogP contribution in [0.2, 0.25) is 0 Å². The highest BCUT2D eigenvalue weighted by molar-refractivity contribution is 7.98. The molecule has 1 unspecified atom stereocenters. The molecule has 16 heavy (non-hydrogen) atoms. The molecule has 90 valence electrons. The van der Waals surface area contributed by atoms with E-state index >= 15 is 0 Å². The van der Waals surface area contributed by atoms with Gasteiger partial charge in [0.2, 0.25) is 0 Å². The highest BCUT2D eigenvalue weighted by Crippen LogP contribution is 2.03. The molecule has 0 saturated heterocycles. The predicted octanol–water partition coefficient (Wildman–Crippen LogP) is 3.35. The maximum absolute atomic E-state index is 3.62. The SMILES string of the molecule is CCC(CSC)NCCCc1ccccc1. The molecule has 2 heteroatoms. The minimum Gasteiger partial charge on any atom is -0.313 e. The minimum atomic E-state index is 0.686. The number of benzene rings is 1. The summed E-state index contributed by atoms with van der Waals surface area (Å²) in [6.45, 7) is 3.39. The van der Waals surface area contributed by atoms with Crippen LogP contribution in [0.3, 0.4) is 0 Å². The van der Waals surface area contributed by atoms with Crippen LogP contribution < -0.4 is 5.32 Å². The third-order valence-corrected chi connectivity index (χ3v) is 3.51. The molecule has 0 aliphatic carbocycles. The van der Waals surface area contributed by atoms with Crippen molar-refractivity contribution in [3.63, 3.8) is 0 Å². The lowest BCUT2D eigenvalue weighted by atomic mass is 10.1. The largest absolute Gasteiger partial charge is 0.313 e.